The monoisotopic (exact) mass is 208 g/mol. The molecule has 1 aliphatic rings. The van der Waals surface area contributed by atoms with Gasteiger partial charge in [-0.1, -0.05) is 25.7 Å². The van der Waals surface area contributed by atoms with Gasteiger partial charge in [0.2, 0.25) is 0 Å². The number of ketones is 1. The van der Waals surface area contributed by atoms with Gasteiger partial charge < -0.3 is 9.52 Å². The Kier molecular flexibility index (Phi) is 2.91. The van der Waals surface area contributed by atoms with Gasteiger partial charge in [0, 0.05) is 0 Å². The van der Waals surface area contributed by atoms with Crippen LogP contribution in [0.1, 0.15) is 48.9 Å². The second kappa shape index (κ2) is 4.19. The molecule has 0 bridgehead atoms. The average Bonchev–Trinajstić information content (AvgIpc) is 2.67. The van der Waals surface area contributed by atoms with Gasteiger partial charge >= 0.3 is 0 Å². The van der Waals surface area contributed by atoms with Gasteiger partial charge in [0.15, 0.2) is 5.78 Å². The zero-order valence-corrected chi connectivity index (χ0v) is 8.74. The lowest BCUT2D eigenvalue weighted by Gasteiger charge is -2.23. The van der Waals surface area contributed by atoms with Crippen LogP contribution in [-0.2, 0) is 0 Å². The molecular weight excluding hydrogens is 192 g/mol. The molecule has 0 radical (unpaired) electrons. The third-order valence-corrected chi connectivity index (χ3v) is 3.14. The van der Waals surface area contributed by atoms with E-state index in [2.05, 4.69) is 0 Å². The number of carbonyl (C=O) groups excluding carboxylic acids is 1. The summed E-state index contributed by atoms with van der Waals surface area (Å²) in [6.07, 6.45) is 8.12. The van der Waals surface area contributed by atoms with E-state index in [1.807, 2.05) is 0 Å². The molecule has 0 atom stereocenters. The first-order valence-corrected chi connectivity index (χ1v) is 5.52. The molecule has 3 nitrogen and oxygen atoms in total. The molecule has 15 heavy (non-hydrogen) atoms. The van der Waals surface area contributed by atoms with Gasteiger partial charge in [-0.15, -0.1) is 0 Å². The first-order chi connectivity index (χ1) is 7.22. The van der Waals surface area contributed by atoms with Crippen molar-refractivity contribution < 1.29 is 14.3 Å². The molecule has 0 unspecified atom stereocenters. The smallest absolute Gasteiger partial charge is 0.197 e. The lowest BCUT2D eigenvalue weighted by Crippen LogP contribution is -2.37. The van der Waals surface area contributed by atoms with Crippen molar-refractivity contribution in [3.63, 3.8) is 0 Å². The van der Waals surface area contributed by atoms with Crippen LogP contribution in [0.25, 0.3) is 0 Å². The Bertz CT molecular complexity index is 319. The van der Waals surface area contributed by atoms with Crippen LogP contribution >= 0.6 is 0 Å². The summed E-state index contributed by atoms with van der Waals surface area (Å²) in [5.74, 6) is -0.182. The Balaban J connectivity index is 2.16. The van der Waals surface area contributed by atoms with Gasteiger partial charge in [-0.25, -0.2) is 0 Å². The van der Waals surface area contributed by atoms with Crippen molar-refractivity contribution in [1.82, 2.24) is 0 Å². The zero-order chi connectivity index (χ0) is 10.7. The van der Waals surface area contributed by atoms with Crippen molar-refractivity contribution in [2.45, 2.75) is 44.1 Å². The van der Waals surface area contributed by atoms with Crippen molar-refractivity contribution in [3.05, 3.63) is 24.2 Å². The summed E-state index contributed by atoms with van der Waals surface area (Å²) in [5.41, 5.74) is -0.667. The highest BCUT2D eigenvalue weighted by Gasteiger charge is 2.36. The lowest BCUT2D eigenvalue weighted by molar-refractivity contribution is 0.0237. The Morgan fingerprint density at radius 2 is 1.93 bits per heavy atom. The van der Waals surface area contributed by atoms with Gasteiger partial charge in [-0.3, -0.25) is 4.79 Å². The highest BCUT2D eigenvalue weighted by atomic mass is 16.3. The van der Waals surface area contributed by atoms with Crippen molar-refractivity contribution >= 4 is 5.78 Å². The number of carbonyl (C=O) groups is 1. The van der Waals surface area contributed by atoms with E-state index in [1.165, 1.54) is 12.5 Å². The molecular formula is C12H16O3. The minimum absolute atomic E-state index is 0.182. The summed E-state index contributed by atoms with van der Waals surface area (Å²) < 4.78 is 4.87. The third-order valence-electron chi connectivity index (χ3n) is 3.14. The van der Waals surface area contributed by atoms with Gasteiger partial charge in [-0.05, 0) is 18.9 Å². The highest BCUT2D eigenvalue weighted by Crippen LogP contribution is 2.30. The summed E-state index contributed by atoms with van der Waals surface area (Å²) in [5, 5.41) is 10.3. The normalized spacial score (nSPS) is 20.9. The highest BCUT2D eigenvalue weighted by molar-refractivity contribution is 6.02. The largest absolute Gasteiger partial charge is 0.472 e. The fourth-order valence-corrected chi connectivity index (χ4v) is 2.20. The predicted octanol–water partition coefficient (Wildman–Crippen LogP) is 2.55. The van der Waals surface area contributed by atoms with Crippen LogP contribution in [-0.4, -0.2) is 16.5 Å². The topological polar surface area (TPSA) is 50.4 Å². The van der Waals surface area contributed by atoms with E-state index in [9.17, 15) is 9.90 Å². The molecule has 1 aromatic rings. The van der Waals surface area contributed by atoms with E-state index in [1.54, 1.807) is 6.07 Å². The van der Waals surface area contributed by atoms with Gasteiger partial charge in [0.05, 0.1) is 11.8 Å². The maximum absolute atomic E-state index is 12.0. The first kappa shape index (κ1) is 10.4. The fraction of sp³-hybridized carbons (Fsp3) is 0.583. The van der Waals surface area contributed by atoms with Crippen LogP contribution in [0, 0.1) is 0 Å². The van der Waals surface area contributed by atoms with E-state index < -0.39 is 5.60 Å². The van der Waals surface area contributed by atoms with Crippen LogP contribution in [0.3, 0.4) is 0 Å². The Morgan fingerprint density at radius 3 is 2.47 bits per heavy atom. The van der Waals surface area contributed by atoms with Gasteiger partial charge in [0.1, 0.15) is 11.9 Å². The third kappa shape index (κ3) is 2.12. The van der Waals surface area contributed by atoms with E-state index in [4.69, 9.17) is 4.42 Å². The van der Waals surface area contributed by atoms with E-state index >= 15 is 0 Å². The molecule has 0 amide bonds. The predicted molar refractivity (Wildman–Crippen MR) is 55.7 cm³/mol. The number of rotatable bonds is 2. The van der Waals surface area contributed by atoms with Crippen LogP contribution in [0.15, 0.2) is 23.0 Å². The van der Waals surface area contributed by atoms with E-state index in [-0.39, 0.29) is 5.78 Å². The maximum atomic E-state index is 12.0. The summed E-state index contributed by atoms with van der Waals surface area (Å²) in [7, 11) is 0. The SMILES string of the molecule is O=C(c1ccoc1)C1(O)CCCCCC1. The second-order valence-corrected chi connectivity index (χ2v) is 4.29. The molecule has 0 saturated heterocycles. The van der Waals surface area contributed by atoms with Gasteiger partial charge in [0.25, 0.3) is 0 Å². The molecule has 0 aromatic carbocycles. The van der Waals surface area contributed by atoms with E-state index in [0.29, 0.717) is 18.4 Å². The minimum Gasteiger partial charge on any atom is -0.472 e. The number of aliphatic hydroxyl groups is 1. The zero-order valence-electron chi connectivity index (χ0n) is 8.74. The molecule has 1 N–H and O–H groups in total. The lowest BCUT2D eigenvalue weighted by atomic mass is 9.87. The summed E-state index contributed by atoms with van der Waals surface area (Å²) in [6, 6.07) is 1.62. The molecule has 82 valence electrons. The maximum Gasteiger partial charge on any atom is 0.197 e. The second-order valence-electron chi connectivity index (χ2n) is 4.29. The standard InChI is InChI=1S/C12H16O3/c13-11(10-5-8-15-9-10)12(14)6-3-1-2-4-7-12/h5,8-9,14H,1-4,6-7H2. The molecule has 0 spiro atoms. The number of hydrogen-bond acceptors (Lipinski definition) is 3. The fourth-order valence-electron chi connectivity index (χ4n) is 2.20. The van der Waals surface area contributed by atoms with Gasteiger partial charge in [-0.2, -0.15) is 0 Å². The van der Waals surface area contributed by atoms with Crippen LogP contribution in [0.2, 0.25) is 0 Å². The molecule has 0 aliphatic heterocycles. The average molecular weight is 208 g/mol. The molecule has 1 saturated carbocycles. The molecule has 1 heterocycles. The number of hydrogen-bond donors (Lipinski definition) is 1. The van der Waals surface area contributed by atoms with Crippen LogP contribution in [0.5, 0.6) is 0 Å². The molecule has 2 rings (SSSR count). The van der Waals surface area contributed by atoms with Crippen molar-refractivity contribution in [2.24, 2.45) is 0 Å². The first-order valence-electron chi connectivity index (χ1n) is 5.52. The summed E-state index contributed by atoms with van der Waals surface area (Å²) in [6.45, 7) is 0. The molecule has 1 aromatic heterocycles. The molecule has 1 aliphatic carbocycles. The quantitative estimate of drug-likeness (QED) is 0.600. The Labute approximate surface area is 89.1 Å². The Hall–Kier alpha value is -1.09. The summed E-state index contributed by atoms with van der Waals surface area (Å²) >= 11 is 0. The number of furan rings is 1. The van der Waals surface area contributed by atoms with Crippen LogP contribution in [0.4, 0.5) is 0 Å². The van der Waals surface area contributed by atoms with Crippen molar-refractivity contribution in [3.8, 4) is 0 Å². The molecule has 1 fully saturated rings. The molecule has 3 heteroatoms. The van der Waals surface area contributed by atoms with Crippen molar-refractivity contribution in [1.29, 1.82) is 0 Å². The minimum atomic E-state index is -1.15. The van der Waals surface area contributed by atoms with E-state index in [0.717, 1.165) is 25.7 Å². The number of Topliss-reactive ketones (excluding diaryl/α,β-unsaturated/α-hetero) is 1. The van der Waals surface area contributed by atoms with Crippen molar-refractivity contribution in [2.75, 3.05) is 0 Å². The van der Waals surface area contributed by atoms with Crippen LogP contribution < -0.4 is 0 Å². The Morgan fingerprint density at radius 1 is 1.27 bits per heavy atom. The summed E-state index contributed by atoms with van der Waals surface area (Å²) in [4.78, 5) is 12.0.